The van der Waals surface area contributed by atoms with Crippen LogP contribution in [0, 0.1) is 18.7 Å². The van der Waals surface area contributed by atoms with Crippen LogP contribution in [0.5, 0.6) is 0 Å². The second-order valence-corrected chi connectivity index (χ2v) is 13.2. The molecule has 4 aromatic rings. The van der Waals surface area contributed by atoms with Crippen LogP contribution in [0.4, 0.5) is 21.6 Å². The number of likely N-dealkylation sites (tertiary alicyclic amines) is 1. The molecule has 5 N–H and O–H groups in total. The first kappa shape index (κ1) is 33.2. The van der Waals surface area contributed by atoms with E-state index < -0.39 is 22.9 Å². The van der Waals surface area contributed by atoms with Gasteiger partial charge in [0, 0.05) is 48.4 Å². The van der Waals surface area contributed by atoms with E-state index in [9.17, 15) is 28.7 Å². The van der Waals surface area contributed by atoms with Crippen molar-refractivity contribution >= 4 is 34.1 Å². The Labute approximate surface area is 277 Å². The number of aromatic amines is 2. The molecule has 2 aromatic carbocycles. The van der Waals surface area contributed by atoms with Crippen LogP contribution < -0.4 is 27.3 Å². The van der Waals surface area contributed by atoms with Gasteiger partial charge in [-0.2, -0.15) is 0 Å². The smallest absolute Gasteiger partial charge is 0.341 e. The van der Waals surface area contributed by atoms with E-state index in [0.717, 1.165) is 69.9 Å². The molecule has 0 bridgehead atoms. The van der Waals surface area contributed by atoms with Crippen molar-refractivity contribution in [3.05, 3.63) is 95.7 Å². The van der Waals surface area contributed by atoms with Crippen molar-refractivity contribution in [3.63, 3.8) is 0 Å². The van der Waals surface area contributed by atoms with Gasteiger partial charge in [0.25, 0.3) is 5.56 Å². The summed E-state index contributed by atoms with van der Waals surface area (Å²) in [5, 5.41) is 16.0. The number of aryl methyl sites for hydroxylation is 2. The van der Waals surface area contributed by atoms with Gasteiger partial charge in [-0.15, -0.1) is 0 Å². The van der Waals surface area contributed by atoms with E-state index in [2.05, 4.69) is 39.3 Å². The first-order valence-corrected chi connectivity index (χ1v) is 16.9. The molecule has 1 aliphatic carbocycles. The number of aromatic nitrogens is 3. The zero-order chi connectivity index (χ0) is 33.9. The van der Waals surface area contributed by atoms with Crippen LogP contribution in [-0.2, 0) is 13.0 Å². The quantitative estimate of drug-likeness (QED) is 0.114. The highest BCUT2D eigenvalue weighted by Crippen LogP contribution is 2.40. The fourth-order valence-electron chi connectivity index (χ4n) is 6.76. The van der Waals surface area contributed by atoms with Gasteiger partial charge in [-0.05, 0) is 99.8 Å². The molecular weight excluding hydrogens is 615 g/mol. The van der Waals surface area contributed by atoms with Gasteiger partial charge in [0.1, 0.15) is 17.2 Å². The number of hydrogen-bond acceptors (Lipinski definition) is 7. The van der Waals surface area contributed by atoms with Gasteiger partial charge in [-0.25, -0.2) is 14.0 Å². The number of unbranched alkanes of at least 4 members (excludes halogenated alkanes) is 2. The van der Waals surface area contributed by atoms with E-state index in [1.165, 1.54) is 21.8 Å². The molecule has 3 heterocycles. The molecule has 6 rings (SSSR count). The van der Waals surface area contributed by atoms with Crippen molar-refractivity contribution in [3.8, 4) is 0 Å². The topological polar surface area (TPSA) is 152 Å². The van der Waals surface area contributed by atoms with Crippen molar-refractivity contribution in [2.75, 3.05) is 36.8 Å². The maximum atomic E-state index is 15.0. The molecule has 1 saturated carbocycles. The zero-order valence-corrected chi connectivity index (χ0v) is 27.5. The van der Waals surface area contributed by atoms with E-state index >= 15 is 0 Å². The Hall–Kier alpha value is -4.71. The van der Waals surface area contributed by atoms with Gasteiger partial charge in [0.05, 0.1) is 11.2 Å². The number of carbonyl (C=O) groups is 1. The minimum absolute atomic E-state index is 0.0257. The highest BCUT2D eigenvalue weighted by Gasteiger charge is 2.32. The SMILES string of the molecule is CCc1cc(Nc2cc(=O)n(CCCCCN3CCC(CNc4cc5[nH]c(C6CC6)c(C(=O)O)c(=O)c5cc4F)C3)c(=O)[nH]2)ccc1C. The average Bonchev–Trinajstić information content (AvgIpc) is 3.80. The molecule has 2 aromatic heterocycles. The van der Waals surface area contributed by atoms with Crippen molar-refractivity contribution < 1.29 is 14.3 Å². The van der Waals surface area contributed by atoms with Gasteiger partial charge in [-0.3, -0.25) is 19.1 Å². The Bertz CT molecular complexity index is 1980. The minimum Gasteiger partial charge on any atom is -0.477 e. The van der Waals surface area contributed by atoms with Crippen LogP contribution in [0.15, 0.2) is 50.8 Å². The molecule has 1 saturated heterocycles. The number of H-pyrrole nitrogens is 2. The standard InChI is InChI=1S/C36H43FN6O5/c1-3-23-15-25(10-7-21(23)2)39-30-18-31(44)43(36(48)41-30)13-6-4-5-12-42-14-11-22(20-42)19-38-29-17-28-26(16-27(29)37)34(45)32(35(46)47)33(40-28)24-8-9-24/h7,10,15-18,22,24,38-39H,3-6,8-9,11-14,19-20H2,1-2H3,(H,40,45)(H,41,48)(H,46,47). The molecule has 2 fully saturated rings. The second-order valence-electron chi connectivity index (χ2n) is 13.2. The number of benzene rings is 2. The molecule has 11 nitrogen and oxygen atoms in total. The maximum Gasteiger partial charge on any atom is 0.341 e. The zero-order valence-electron chi connectivity index (χ0n) is 27.5. The Kier molecular flexibility index (Phi) is 9.81. The number of carboxylic acid groups (broad SMARTS) is 1. The van der Waals surface area contributed by atoms with Gasteiger partial charge in [0.15, 0.2) is 0 Å². The summed E-state index contributed by atoms with van der Waals surface area (Å²) in [4.78, 5) is 58.3. The van der Waals surface area contributed by atoms with Crippen LogP contribution in [-0.4, -0.2) is 56.7 Å². The van der Waals surface area contributed by atoms with Crippen molar-refractivity contribution in [2.24, 2.45) is 5.92 Å². The van der Waals surface area contributed by atoms with Gasteiger partial charge in [-0.1, -0.05) is 19.4 Å². The summed E-state index contributed by atoms with van der Waals surface area (Å²) >= 11 is 0. The fraction of sp³-hybridized carbons (Fsp3) is 0.444. The summed E-state index contributed by atoms with van der Waals surface area (Å²) in [6, 6.07) is 10.1. The first-order valence-electron chi connectivity index (χ1n) is 16.9. The molecule has 0 radical (unpaired) electrons. The summed E-state index contributed by atoms with van der Waals surface area (Å²) in [7, 11) is 0. The molecule has 48 heavy (non-hydrogen) atoms. The van der Waals surface area contributed by atoms with E-state index in [4.69, 9.17) is 0 Å². The number of rotatable bonds is 14. The molecule has 0 spiro atoms. The summed E-state index contributed by atoms with van der Waals surface area (Å²) in [6.45, 7) is 7.80. The predicted octanol–water partition coefficient (Wildman–Crippen LogP) is 5.31. The molecule has 0 amide bonds. The van der Waals surface area contributed by atoms with Crippen molar-refractivity contribution in [1.82, 2.24) is 19.4 Å². The van der Waals surface area contributed by atoms with Crippen molar-refractivity contribution in [2.45, 2.75) is 71.3 Å². The third-order valence-corrected chi connectivity index (χ3v) is 9.65. The Morgan fingerprint density at radius 3 is 2.54 bits per heavy atom. The number of nitrogens with one attached hydrogen (secondary N) is 4. The minimum atomic E-state index is -1.29. The summed E-state index contributed by atoms with van der Waals surface area (Å²) in [5.74, 6) is -1.15. The van der Waals surface area contributed by atoms with Crippen molar-refractivity contribution in [1.29, 1.82) is 0 Å². The molecule has 1 unspecified atom stereocenters. The molecule has 254 valence electrons. The third kappa shape index (κ3) is 7.38. The van der Waals surface area contributed by atoms with E-state index in [1.54, 1.807) is 6.07 Å². The average molecular weight is 659 g/mol. The van der Waals surface area contributed by atoms with E-state index in [1.807, 2.05) is 18.2 Å². The molecule has 12 heteroatoms. The molecular formula is C36H43FN6O5. The van der Waals surface area contributed by atoms with Crippen LogP contribution in [0.3, 0.4) is 0 Å². The lowest BCUT2D eigenvalue weighted by molar-refractivity contribution is 0.0694. The number of fused-ring (bicyclic) bond motifs is 1. The van der Waals surface area contributed by atoms with E-state index in [0.29, 0.717) is 42.5 Å². The van der Waals surface area contributed by atoms with Crippen LogP contribution >= 0.6 is 0 Å². The lowest BCUT2D eigenvalue weighted by Gasteiger charge is -2.17. The first-order chi connectivity index (χ1) is 23.1. The molecule has 2 aliphatic rings. The number of anilines is 3. The number of halogens is 1. The molecule has 1 atom stereocenters. The summed E-state index contributed by atoms with van der Waals surface area (Å²) in [5.41, 5.74) is 2.69. The Morgan fingerprint density at radius 2 is 1.81 bits per heavy atom. The summed E-state index contributed by atoms with van der Waals surface area (Å²) in [6.07, 6.45) is 6.05. The number of hydrogen-bond donors (Lipinski definition) is 5. The number of carboxylic acids is 1. The number of aromatic carboxylic acids is 1. The predicted molar refractivity (Wildman–Crippen MR) is 186 cm³/mol. The largest absolute Gasteiger partial charge is 0.477 e. The summed E-state index contributed by atoms with van der Waals surface area (Å²) < 4.78 is 16.2. The third-order valence-electron chi connectivity index (χ3n) is 9.65. The second kappa shape index (κ2) is 14.2. The normalized spacial score (nSPS) is 16.4. The van der Waals surface area contributed by atoms with Crippen LogP contribution in [0.25, 0.3) is 10.9 Å². The Morgan fingerprint density at radius 1 is 1.02 bits per heavy atom. The monoisotopic (exact) mass is 658 g/mol. The highest BCUT2D eigenvalue weighted by molar-refractivity contribution is 5.95. The number of pyridine rings is 1. The van der Waals surface area contributed by atoms with Gasteiger partial charge < -0.3 is 25.6 Å². The maximum absolute atomic E-state index is 15.0. The fourth-order valence-corrected chi connectivity index (χ4v) is 6.76. The van der Waals surface area contributed by atoms with E-state index in [-0.39, 0.29) is 28.1 Å². The molecule has 1 aliphatic heterocycles. The van der Waals surface area contributed by atoms with Gasteiger partial charge in [0.2, 0.25) is 5.43 Å². The lowest BCUT2D eigenvalue weighted by atomic mass is 10.0. The number of nitrogens with zero attached hydrogens (tertiary/aromatic N) is 2. The lowest BCUT2D eigenvalue weighted by Crippen LogP contribution is -2.35. The highest BCUT2D eigenvalue weighted by atomic mass is 19.1. The van der Waals surface area contributed by atoms with Crippen LogP contribution in [0.1, 0.15) is 78.5 Å². The van der Waals surface area contributed by atoms with Crippen LogP contribution in [0.2, 0.25) is 0 Å². The van der Waals surface area contributed by atoms with Gasteiger partial charge >= 0.3 is 11.7 Å². The Balaban J connectivity index is 0.959.